The van der Waals surface area contributed by atoms with Gasteiger partial charge < -0.3 is 10.6 Å². The topological polar surface area (TPSA) is 46.3 Å². The second kappa shape index (κ2) is 6.06. The number of nitrogens with two attached hydrogens (primary N) is 1. The Kier molecular flexibility index (Phi) is 4.20. The van der Waals surface area contributed by atoms with E-state index < -0.39 is 0 Å². The lowest BCUT2D eigenvalue weighted by molar-refractivity contribution is -0.113. The van der Waals surface area contributed by atoms with Gasteiger partial charge in [-0.15, -0.1) is 0 Å². The fourth-order valence-corrected chi connectivity index (χ4v) is 1.91. The van der Waals surface area contributed by atoms with Crippen molar-refractivity contribution in [1.29, 1.82) is 0 Å². The first-order chi connectivity index (χ1) is 9.56. The van der Waals surface area contributed by atoms with Crippen molar-refractivity contribution in [2.75, 3.05) is 17.7 Å². The molecule has 3 heteroatoms. The molecule has 0 atom stereocenters. The lowest BCUT2D eigenvalue weighted by Crippen LogP contribution is -2.23. The van der Waals surface area contributed by atoms with Crippen LogP contribution >= 0.6 is 0 Å². The van der Waals surface area contributed by atoms with Gasteiger partial charge in [-0.25, -0.2) is 0 Å². The number of anilines is 2. The lowest BCUT2D eigenvalue weighted by atomic mass is 10.2. The molecule has 0 saturated heterocycles. The molecule has 2 rings (SSSR count). The van der Waals surface area contributed by atoms with Gasteiger partial charge in [0.05, 0.1) is 0 Å². The first kappa shape index (κ1) is 13.9. The number of hydrogen-bond donors (Lipinski definition) is 1. The van der Waals surface area contributed by atoms with E-state index in [1.54, 1.807) is 24.1 Å². The molecule has 0 aliphatic rings. The minimum absolute atomic E-state index is 0.0713. The van der Waals surface area contributed by atoms with Crippen molar-refractivity contribution >= 4 is 23.4 Å². The zero-order valence-electron chi connectivity index (χ0n) is 11.7. The van der Waals surface area contributed by atoms with Gasteiger partial charge in [0, 0.05) is 24.5 Å². The first-order valence-electron chi connectivity index (χ1n) is 6.44. The largest absolute Gasteiger partial charge is 0.399 e. The standard InChI is InChI=1S/C17H18N2O/c1-13-5-3-8-16(11-13)19(2)17(20)10-9-14-6-4-7-15(18)12-14/h3-12H,18H2,1-2H3/b10-9+. The van der Waals surface area contributed by atoms with E-state index >= 15 is 0 Å². The number of benzene rings is 2. The monoisotopic (exact) mass is 266 g/mol. The maximum Gasteiger partial charge on any atom is 0.250 e. The Morgan fingerprint density at radius 1 is 1.15 bits per heavy atom. The number of nitrogen functional groups attached to an aromatic ring is 1. The smallest absolute Gasteiger partial charge is 0.250 e. The number of rotatable bonds is 3. The Labute approximate surface area is 119 Å². The number of aryl methyl sites for hydroxylation is 1. The van der Waals surface area contributed by atoms with Gasteiger partial charge in [0.2, 0.25) is 0 Å². The maximum atomic E-state index is 12.1. The molecule has 0 aliphatic heterocycles. The van der Waals surface area contributed by atoms with E-state index in [-0.39, 0.29) is 5.91 Å². The molecule has 0 aliphatic carbocycles. The molecule has 0 aromatic heterocycles. The van der Waals surface area contributed by atoms with Crippen LogP contribution in [0.25, 0.3) is 6.08 Å². The van der Waals surface area contributed by atoms with Crippen molar-refractivity contribution in [3.63, 3.8) is 0 Å². The summed E-state index contributed by atoms with van der Waals surface area (Å²) in [5.74, 6) is -0.0713. The van der Waals surface area contributed by atoms with Crippen LogP contribution in [0.15, 0.2) is 54.6 Å². The number of hydrogen-bond acceptors (Lipinski definition) is 2. The highest BCUT2D eigenvalue weighted by atomic mass is 16.2. The molecule has 0 spiro atoms. The zero-order valence-corrected chi connectivity index (χ0v) is 11.7. The highest BCUT2D eigenvalue weighted by Gasteiger charge is 2.07. The summed E-state index contributed by atoms with van der Waals surface area (Å²) in [6.45, 7) is 2.00. The molecule has 0 fully saturated rings. The van der Waals surface area contributed by atoms with Gasteiger partial charge in [0.15, 0.2) is 0 Å². The second-order valence-corrected chi connectivity index (χ2v) is 4.74. The van der Waals surface area contributed by atoms with Gasteiger partial charge >= 0.3 is 0 Å². The van der Waals surface area contributed by atoms with Crippen LogP contribution in [-0.4, -0.2) is 13.0 Å². The maximum absolute atomic E-state index is 12.1. The van der Waals surface area contributed by atoms with E-state index in [1.807, 2.05) is 55.5 Å². The molecule has 0 saturated carbocycles. The van der Waals surface area contributed by atoms with Crippen LogP contribution in [0.2, 0.25) is 0 Å². The third-order valence-corrected chi connectivity index (χ3v) is 3.05. The Morgan fingerprint density at radius 3 is 2.60 bits per heavy atom. The van der Waals surface area contributed by atoms with Crippen molar-refractivity contribution in [3.8, 4) is 0 Å². The Hall–Kier alpha value is -2.55. The van der Waals surface area contributed by atoms with E-state index in [0.29, 0.717) is 5.69 Å². The predicted octanol–water partition coefficient (Wildman–Crippen LogP) is 3.25. The zero-order chi connectivity index (χ0) is 14.5. The predicted molar refractivity (Wildman–Crippen MR) is 84.5 cm³/mol. The Morgan fingerprint density at radius 2 is 1.90 bits per heavy atom. The summed E-state index contributed by atoms with van der Waals surface area (Å²) in [5, 5.41) is 0. The van der Waals surface area contributed by atoms with Crippen LogP contribution in [0.1, 0.15) is 11.1 Å². The fraction of sp³-hybridized carbons (Fsp3) is 0.118. The fourth-order valence-electron chi connectivity index (χ4n) is 1.91. The summed E-state index contributed by atoms with van der Waals surface area (Å²) < 4.78 is 0. The molecule has 2 aromatic carbocycles. The second-order valence-electron chi connectivity index (χ2n) is 4.74. The van der Waals surface area contributed by atoms with Crippen LogP contribution in [0, 0.1) is 6.92 Å². The van der Waals surface area contributed by atoms with Crippen LogP contribution < -0.4 is 10.6 Å². The van der Waals surface area contributed by atoms with Crippen molar-refractivity contribution < 1.29 is 4.79 Å². The first-order valence-corrected chi connectivity index (χ1v) is 6.44. The summed E-state index contributed by atoms with van der Waals surface area (Å²) in [5.41, 5.74) is 9.31. The molecule has 102 valence electrons. The molecule has 2 N–H and O–H groups in total. The van der Waals surface area contributed by atoms with Gasteiger partial charge in [0.25, 0.3) is 5.91 Å². The highest BCUT2D eigenvalue weighted by molar-refractivity contribution is 6.03. The van der Waals surface area contributed by atoms with E-state index in [2.05, 4.69) is 0 Å². The normalized spacial score (nSPS) is 10.7. The molecule has 20 heavy (non-hydrogen) atoms. The average Bonchev–Trinajstić information content (AvgIpc) is 2.44. The molecule has 0 radical (unpaired) electrons. The Balaban J connectivity index is 2.12. The van der Waals surface area contributed by atoms with Crippen LogP contribution in [0.5, 0.6) is 0 Å². The minimum Gasteiger partial charge on any atom is -0.399 e. The van der Waals surface area contributed by atoms with Crippen molar-refractivity contribution in [2.24, 2.45) is 0 Å². The van der Waals surface area contributed by atoms with Crippen molar-refractivity contribution in [2.45, 2.75) is 6.92 Å². The number of carbonyl (C=O) groups excluding carboxylic acids is 1. The molecular weight excluding hydrogens is 248 g/mol. The average molecular weight is 266 g/mol. The van der Waals surface area contributed by atoms with Crippen LogP contribution in [0.3, 0.4) is 0 Å². The van der Waals surface area contributed by atoms with E-state index in [4.69, 9.17) is 5.73 Å². The number of likely N-dealkylation sites (N-methyl/N-ethyl adjacent to an activating group) is 1. The molecule has 2 aromatic rings. The van der Waals surface area contributed by atoms with E-state index in [9.17, 15) is 4.79 Å². The van der Waals surface area contributed by atoms with Gasteiger partial charge in [-0.1, -0.05) is 24.3 Å². The van der Waals surface area contributed by atoms with Gasteiger partial charge in [-0.05, 0) is 48.4 Å². The third-order valence-electron chi connectivity index (χ3n) is 3.05. The molecule has 3 nitrogen and oxygen atoms in total. The number of carbonyl (C=O) groups is 1. The Bertz CT molecular complexity index is 647. The highest BCUT2D eigenvalue weighted by Crippen LogP contribution is 2.15. The van der Waals surface area contributed by atoms with Crippen LogP contribution in [-0.2, 0) is 4.79 Å². The van der Waals surface area contributed by atoms with Gasteiger partial charge in [-0.2, -0.15) is 0 Å². The van der Waals surface area contributed by atoms with Gasteiger partial charge in [-0.3, -0.25) is 4.79 Å². The molecule has 0 heterocycles. The summed E-state index contributed by atoms with van der Waals surface area (Å²) in [6.07, 6.45) is 3.32. The summed E-state index contributed by atoms with van der Waals surface area (Å²) in [6, 6.07) is 15.3. The molecule has 1 amide bonds. The minimum atomic E-state index is -0.0713. The van der Waals surface area contributed by atoms with E-state index in [1.165, 1.54) is 0 Å². The molecule has 0 bridgehead atoms. The van der Waals surface area contributed by atoms with Crippen molar-refractivity contribution in [1.82, 2.24) is 0 Å². The summed E-state index contributed by atoms with van der Waals surface area (Å²) >= 11 is 0. The number of nitrogens with zero attached hydrogens (tertiary/aromatic N) is 1. The summed E-state index contributed by atoms with van der Waals surface area (Å²) in [7, 11) is 1.76. The molecular formula is C17H18N2O. The number of amides is 1. The molecule has 0 unspecified atom stereocenters. The lowest BCUT2D eigenvalue weighted by Gasteiger charge is -2.15. The van der Waals surface area contributed by atoms with E-state index in [0.717, 1.165) is 16.8 Å². The van der Waals surface area contributed by atoms with Gasteiger partial charge in [0.1, 0.15) is 0 Å². The summed E-state index contributed by atoms with van der Waals surface area (Å²) in [4.78, 5) is 13.7. The van der Waals surface area contributed by atoms with Crippen LogP contribution in [0.4, 0.5) is 11.4 Å². The van der Waals surface area contributed by atoms with Crippen molar-refractivity contribution in [3.05, 3.63) is 65.7 Å². The quantitative estimate of drug-likeness (QED) is 0.684. The SMILES string of the molecule is Cc1cccc(N(C)C(=O)/C=C/c2cccc(N)c2)c1. The third kappa shape index (κ3) is 3.48.